The molecule has 0 saturated carbocycles. The zero-order valence-corrected chi connectivity index (χ0v) is 11.2. The monoisotopic (exact) mass is 249 g/mol. The maximum atomic E-state index is 6.00. The van der Waals surface area contributed by atoms with Crippen molar-refractivity contribution in [1.82, 2.24) is 9.88 Å². The second kappa shape index (κ2) is 6.27. The molecule has 100 valence electrons. The highest BCUT2D eigenvalue weighted by molar-refractivity contribution is 5.16. The van der Waals surface area contributed by atoms with Crippen molar-refractivity contribution in [2.75, 3.05) is 19.7 Å². The SMILES string of the molecule is CCC1COC(C)CN1C(CN)c1ccncc1. The lowest BCUT2D eigenvalue weighted by Gasteiger charge is -2.43. The van der Waals surface area contributed by atoms with Gasteiger partial charge >= 0.3 is 0 Å². The Hall–Kier alpha value is -0.970. The van der Waals surface area contributed by atoms with Gasteiger partial charge in [-0.15, -0.1) is 0 Å². The van der Waals surface area contributed by atoms with Gasteiger partial charge in [0.25, 0.3) is 0 Å². The van der Waals surface area contributed by atoms with Crippen LogP contribution >= 0.6 is 0 Å². The van der Waals surface area contributed by atoms with Gasteiger partial charge in [0.2, 0.25) is 0 Å². The van der Waals surface area contributed by atoms with Crippen LogP contribution in [0.25, 0.3) is 0 Å². The molecule has 1 fully saturated rings. The lowest BCUT2D eigenvalue weighted by atomic mass is 10.0. The van der Waals surface area contributed by atoms with Gasteiger partial charge in [0.05, 0.1) is 12.7 Å². The van der Waals surface area contributed by atoms with Crippen molar-refractivity contribution in [3.8, 4) is 0 Å². The van der Waals surface area contributed by atoms with Gasteiger partial charge in [-0.3, -0.25) is 9.88 Å². The first-order valence-corrected chi connectivity index (χ1v) is 6.73. The van der Waals surface area contributed by atoms with Crippen molar-refractivity contribution < 1.29 is 4.74 Å². The van der Waals surface area contributed by atoms with E-state index in [-0.39, 0.29) is 12.1 Å². The zero-order chi connectivity index (χ0) is 13.0. The summed E-state index contributed by atoms with van der Waals surface area (Å²) in [5.74, 6) is 0. The summed E-state index contributed by atoms with van der Waals surface area (Å²) >= 11 is 0. The van der Waals surface area contributed by atoms with Crippen molar-refractivity contribution in [3.05, 3.63) is 30.1 Å². The van der Waals surface area contributed by atoms with E-state index in [2.05, 4.69) is 35.9 Å². The number of nitrogens with zero attached hydrogens (tertiary/aromatic N) is 2. The minimum absolute atomic E-state index is 0.268. The molecule has 0 aliphatic carbocycles. The Morgan fingerprint density at radius 3 is 2.83 bits per heavy atom. The highest BCUT2D eigenvalue weighted by Gasteiger charge is 2.31. The summed E-state index contributed by atoms with van der Waals surface area (Å²) in [6, 6.07) is 4.85. The smallest absolute Gasteiger partial charge is 0.0675 e. The van der Waals surface area contributed by atoms with E-state index in [0.29, 0.717) is 12.6 Å². The number of rotatable bonds is 4. The van der Waals surface area contributed by atoms with E-state index < -0.39 is 0 Å². The molecule has 1 aromatic rings. The van der Waals surface area contributed by atoms with E-state index in [1.54, 1.807) is 0 Å². The molecule has 4 heteroatoms. The lowest BCUT2D eigenvalue weighted by Crippen LogP contribution is -2.51. The van der Waals surface area contributed by atoms with Crippen LogP contribution in [-0.2, 0) is 4.74 Å². The highest BCUT2D eigenvalue weighted by atomic mass is 16.5. The van der Waals surface area contributed by atoms with Gasteiger partial charge in [-0.1, -0.05) is 6.92 Å². The zero-order valence-electron chi connectivity index (χ0n) is 11.2. The molecule has 1 saturated heterocycles. The summed E-state index contributed by atoms with van der Waals surface area (Å²) in [5.41, 5.74) is 7.25. The summed E-state index contributed by atoms with van der Waals surface area (Å²) in [4.78, 5) is 6.57. The second-order valence-electron chi connectivity index (χ2n) is 4.93. The molecule has 0 spiro atoms. The van der Waals surface area contributed by atoms with Gasteiger partial charge in [0.1, 0.15) is 0 Å². The average Bonchev–Trinajstić information content (AvgIpc) is 2.41. The fourth-order valence-electron chi connectivity index (χ4n) is 2.65. The molecule has 3 unspecified atom stereocenters. The first kappa shape index (κ1) is 13.5. The largest absolute Gasteiger partial charge is 0.376 e. The molecule has 2 heterocycles. The maximum absolute atomic E-state index is 6.00. The van der Waals surface area contributed by atoms with Gasteiger partial charge < -0.3 is 10.5 Å². The van der Waals surface area contributed by atoms with Crippen molar-refractivity contribution in [1.29, 1.82) is 0 Å². The fourth-order valence-corrected chi connectivity index (χ4v) is 2.65. The fraction of sp³-hybridized carbons (Fsp3) is 0.643. The molecule has 3 atom stereocenters. The number of ether oxygens (including phenoxy) is 1. The minimum Gasteiger partial charge on any atom is -0.376 e. The Balaban J connectivity index is 2.19. The van der Waals surface area contributed by atoms with Crippen LogP contribution in [0, 0.1) is 0 Å². The van der Waals surface area contributed by atoms with Gasteiger partial charge in [0.15, 0.2) is 0 Å². The van der Waals surface area contributed by atoms with E-state index in [0.717, 1.165) is 19.6 Å². The third kappa shape index (κ3) is 2.88. The number of pyridine rings is 1. The summed E-state index contributed by atoms with van der Waals surface area (Å²) in [6.07, 6.45) is 5.05. The van der Waals surface area contributed by atoms with Crippen molar-refractivity contribution in [3.63, 3.8) is 0 Å². The summed E-state index contributed by atoms with van der Waals surface area (Å²) in [7, 11) is 0. The molecular weight excluding hydrogens is 226 g/mol. The van der Waals surface area contributed by atoms with Crippen LogP contribution in [-0.4, -0.2) is 41.7 Å². The standard InChI is InChI=1S/C14H23N3O/c1-3-13-10-18-11(2)9-17(13)14(8-15)12-4-6-16-7-5-12/h4-7,11,13-14H,3,8-10,15H2,1-2H3. The molecule has 0 amide bonds. The number of morpholine rings is 1. The quantitative estimate of drug-likeness (QED) is 0.880. The normalized spacial score (nSPS) is 27.1. The van der Waals surface area contributed by atoms with Crippen molar-refractivity contribution in [2.45, 2.75) is 38.5 Å². The van der Waals surface area contributed by atoms with E-state index in [9.17, 15) is 0 Å². The molecule has 0 radical (unpaired) electrons. The van der Waals surface area contributed by atoms with E-state index in [4.69, 9.17) is 10.5 Å². The van der Waals surface area contributed by atoms with Crippen LogP contribution < -0.4 is 5.73 Å². The number of hydrogen-bond donors (Lipinski definition) is 1. The molecule has 1 aliphatic rings. The molecular formula is C14H23N3O. The third-order valence-electron chi connectivity index (χ3n) is 3.70. The summed E-state index contributed by atoms with van der Waals surface area (Å²) in [5, 5.41) is 0. The first-order chi connectivity index (χ1) is 8.76. The lowest BCUT2D eigenvalue weighted by molar-refractivity contribution is -0.0719. The van der Waals surface area contributed by atoms with Crippen LogP contribution in [0.5, 0.6) is 0 Å². The van der Waals surface area contributed by atoms with Crippen LogP contribution in [0.1, 0.15) is 31.9 Å². The van der Waals surface area contributed by atoms with E-state index in [1.165, 1.54) is 5.56 Å². The molecule has 2 N–H and O–H groups in total. The Morgan fingerprint density at radius 2 is 2.22 bits per heavy atom. The van der Waals surface area contributed by atoms with Gasteiger partial charge in [0, 0.05) is 37.6 Å². The van der Waals surface area contributed by atoms with Crippen molar-refractivity contribution in [2.24, 2.45) is 5.73 Å². The Kier molecular flexibility index (Phi) is 4.69. The number of hydrogen-bond acceptors (Lipinski definition) is 4. The molecule has 1 aromatic heterocycles. The predicted octanol–water partition coefficient (Wildman–Crippen LogP) is 1.58. The van der Waals surface area contributed by atoms with Gasteiger partial charge in [-0.2, -0.15) is 0 Å². The summed E-state index contributed by atoms with van der Waals surface area (Å²) < 4.78 is 5.75. The Bertz CT molecular complexity index is 357. The first-order valence-electron chi connectivity index (χ1n) is 6.73. The van der Waals surface area contributed by atoms with Crippen LogP contribution in [0.3, 0.4) is 0 Å². The number of nitrogens with two attached hydrogens (primary N) is 1. The highest BCUT2D eigenvalue weighted by Crippen LogP contribution is 2.26. The predicted molar refractivity (Wildman–Crippen MR) is 72.2 cm³/mol. The van der Waals surface area contributed by atoms with Crippen LogP contribution in [0.4, 0.5) is 0 Å². The molecule has 2 rings (SSSR count). The van der Waals surface area contributed by atoms with E-state index >= 15 is 0 Å². The third-order valence-corrected chi connectivity index (χ3v) is 3.70. The topological polar surface area (TPSA) is 51.4 Å². The molecule has 0 aromatic carbocycles. The second-order valence-corrected chi connectivity index (χ2v) is 4.93. The molecule has 1 aliphatic heterocycles. The molecule has 0 bridgehead atoms. The van der Waals surface area contributed by atoms with Gasteiger partial charge in [-0.25, -0.2) is 0 Å². The van der Waals surface area contributed by atoms with Gasteiger partial charge in [-0.05, 0) is 31.0 Å². The van der Waals surface area contributed by atoms with Crippen LogP contribution in [0.2, 0.25) is 0 Å². The van der Waals surface area contributed by atoms with E-state index in [1.807, 2.05) is 12.4 Å². The Labute approximate surface area is 109 Å². The number of aromatic nitrogens is 1. The van der Waals surface area contributed by atoms with Crippen LogP contribution in [0.15, 0.2) is 24.5 Å². The maximum Gasteiger partial charge on any atom is 0.0675 e. The average molecular weight is 249 g/mol. The van der Waals surface area contributed by atoms with Crippen molar-refractivity contribution >= 4 is 0 Å². The molecule has 4 nitrogen and oxygen atoms in total. The Morgan fingerprint density at radius 1 is 1.50 bits per heavy atom. The minimum atomic E-state index is 0.268. The molecule has 18 heavy (non-hydrogen) atoms. The summed E-state index contributed by atoms with van der Waals surface area (Å²) in [6.45, 7) is 6.71.